The van der Waals surface area contributed by atoms with Gasteiger partial charge < -0.3 is 23.7 Å². The molecule has 2 aliphatic carbocycles. The van der Waals surface area contributed by atoms with E-state index in [0.717, 1.165) is 55.2 Å². The summed E-state index contributed by atoms with van der Waals surface area (Å²) < 4.78 is 28.4. The molecule has 3 aliphatic rings. The second-order valence-electron chi connectivity index (χ2n) is 9.01. The number of benzene rings is 2. The predicted octanol–water partition coefficient (Wildman–Crippen LogP) is 4.69. The van der Waals surface area contributed by atoms with Crippen LogP contribution in [0, 0.1) is 5.41 Å². The van der Waals surface area contributed by atoms with E-state index in [-0.39, 0.29) is 31.3 Å². The molecule has 0 bridgehead atoms. The van der Waals surface area contributed by atoms with Gasteiger partial charge in [0.15, 0.2) is 11.5 Å². The fourth-order valence-electron chi connectivity index (χ4n) is 4.56. The summed E-state index contributed by atoms with van der Waals surface area (Å²) in [7, 11) is 3.14. The molecule has 0 aromatic heterocycles. The van der Waals surface area contributed by atoms with Crippen molar-refractivity contribution in [1.29, 1.82) is 0 Å². The van der Waals surface area contributed by atoms with Crippen LogP contribution in [0.15, 0.2) is 30.3 Å². The minimum absolute atomic E-state index is 0.0493. The molecule has 174 valence electrons. The Morgan fingerprint density at radius 1 is 1.03 bits per heavy atom. The zero-order valence-electron chi connectivity index (χ0n) is 19.0. The van der Waals surface area contributed by atoms with Crippen molar-refractivity contribution in [2.45, 2.75) is 51.2 Å². The van der Waals surface area contributed by atoms with Gasteiger partial charge in [-0.2, -0.15) is 0 Å². The zero-order valence-corrected chi connectivity index (χ0v) is 19.0. The Bertz CT molecular complexity index is 1080. The van der Waals surface area contributed by atoms with Crippen molar-refractivity contribution in [3.8, 4) is 28.4 Å². The van der Waals surface area contributed by atoms with Gasteiger partial charge in [-0.3, -0.25) is 4.79 Å². The Morgan fingerprint density at radius 2 is 1.82 bits per heavy atom. The summed E-state index contributed by atoms with van der Waals surface area (Å²) >= 11 is 0. The molecule has 0 amide bonds. The molecule has 7 nitrogen and oxygen atoms in total. The van der Waals surface area contributed by atoms with Crippen LogP contribution in [-0.2, 0) is 20.9 Å². The van der Waals surface area contributed by atoms with E-state index in [1.54, 1.807) is 20.3 Å². The van der Waals surface area contributed by atoms with E-state index in [4.69, 9.17) is 23.7 Å². The first-order valence-corrected chi connectivity index (χ1v) is 11.4. The number of methoxy groups -OCH3 is 2. The number of carbonyl (C=O) groups is 2. The Hall–Kier alpha value is -3.22. The summed E-state index contributed by atoms with van der Waals surface area (Å²) in [4.78, 5) is 24.8. The number of hydrogen-bond acceptors (Lipinski definition) is 7. The lowest BCUT2D eigenvalue weighted by Gasteiger charge is -2.41. The molecule has 1 heterocycles. The third-order valence-corrected chi connectivity index (χ3v) is 7.06. The second kappa shape index (κ2) is 8.61. The fraction of sp³-hybridized carbons (Fsp3) is 0.462. The SMILES string of the molecule is COc1ccc(-c2ccc3c(c2)COC3=O)c(OCC2(C(=O)OC3CCC3)CCC2)c1OC. The van der Waals surface area contributed by atoms with Crippen LogP contribution in [0.5, 0.6) is 17.2 Å². The highest BCUT2D eigenvalue weighted by Crippen LogP contribution is 2.48. The number of esters is 2. The van der Waals surface area contributed by atoms with Gasteiger partial charge in [-0.25, -0.2) is 4.79 Å². The Labute approximate surface area is 192 Å². The number of fused-ring (bicyclic) bond motifs is 1. The Kier molecular flexibility index (Phi) is 5.64. The summed E-state index contributed by atoms with van der Waals surface area (Å²) in [6.07, 6.45) is 5.53. The Morgan fingerprint density at radius 3 is 2.45 bits per heavy atom. The zero-order chi connectivity index (χ0) is 23.0. The number of ether oxygens (including phenoxy) is 5. The lowest BCUT2D eigenvalue weighted by Crippen LogP contribution is -2.46. The topological polar surface area (TPSA) is 80.3 Å². The molecule has 0 atom stereocenters. The van der Waals surface area contributed by atoms with Gasteiger partial charge in [-0.05, 0) is 61.9 Å². The van der Waals surface area contributed by atoms with Gasteiger partial charge in [-0.15, -0.1) is 0 Å². The van der Waals surface area contributed by atoms with Crippen molar-refractivity contribution in [2.24, 2.45) is 5.41 Å². The van der Waals surface area contributed by atoms with E-state index >= 15 is 0 Å². The highest BCUT2D eigenvalue weighted by Gasteiger charge is 2.48. The molecular weight excluding hydrogens is 424 g/mol. The third-order valence-electron chi connectivity index (χ3n) is 7.06. The van der Waals surface area contributed by atoms with E-state index in [0.29, 0.717) is 22.8 Å². The monoisotopic (exact) mass is 452 g/mol. The fourth-order valence-corrected chi connectivity index (χ4v) is 4.56. The van der Waals surface area contributed by atoms with Crippen molar-refractivity contribution >= 4 is 11.9 Å². The molecule has 2 fully saturated rings. The molecule has 0 spiro atoms. The smallest absolute Gasteiger partial charge is 0.338 e. The molecule has 2 saturated carbocycles. The summed E-state index contributed by atoms with van der Waals surface area (Å²) in [6.45, 7) is 0.462. The van der Waals surface area contributed by atoms with Gasteiger partial charge >= 0.3 is 11.9 Å². The molecular formula is C26H28O7. The van der Waals surface area contributed by atoms with Crippen LogP contribution in [0.2, 0.25) is 0 Å². The molecule has 1 aliphatic heterocycles. The standard InChI is InChI=1S/C26H28O7/c1-29-21-10-9-19(16-7-8-20-17(13-16)14-31-24(20)27)22(23(21)30-2)32-15-26(11-4-12-26)25(28)33-18-5-3-6-18/h7-10,13,18H,3-6,11-12,14-15H2,1-2H3. The van der Waals surface area contributed by atoms with Gasteiger partial charge in [0.1, 0.15) is 24.7 Å². The average Bonchev–Trinajstić information content (AvgIpc) is 3.14. The summed E-state index contributed by atoms with van der Waals surface area (Å²) in [5.74, 6) is 1.04. The first-order valence-electron chi connectivity index (χ1n) is 11.4. The minimum Gasteiger partial charge on any atom is -0.493 e. The van der Waals surface area contributed by atoms with Crippen molar-refractivity contribution < 1.29 is 33.3 Å². The first kappa shape index (κ1) is 21.6. The van der Waals surface area contributed by atoms with Gasteiger partial charge in [0, 0.05) is 11.1 Å². The quantitative estimate of drug-likeness (QED) is 0.538. The van der Waals surface area contributed by atoms with Gasteiger partial charge in [-0.1, -0.05) is 12.5 Å². The summed E-state index contributed by atoms with van der Waals surface area (Å²) in [5, 5.41) is 0. The molecule has 0 unspecified atom stereocenters. The van der Waals surface area contributed by atoms with Gasteiger partial charge in [0.25, 0.3) is 0 Å². The predicted molar refractivity (Wildman–Crippen MR) is 120 cm³/mol. The van der Waals surface area contributed by atoms with Crippen LogP contribution in [0.3, 0.4) is 0 Å². The summed E-state index contributed by atoms with van der Waals surface area (Å²) in [5.41, 5.74) is 2.44. The van der Waals surface area contributed by atoms with Crippen LogP contribution in [0.25, 0.3) is 11.1 Å². The molecule has 33 heavy (non-hydrogen) atoms. The lowest BCUT2D eigenvalue weighted by molar-refractivity contribution is -0.174. The second-order valence-corrected chi connectivity index (χ2v) is 9.01. The normalized spacial score (nSPS) is 18.4. The molecule has 5 rings (SSSR count). The summed E-state index contributed by atoms with van der Waals surface area (Å²) in [6, 6.07) is 9.28. The molecule has 2 aromatic carbocycles. The molecule has 2 aromatic rings. The number of carbonyl (C=O) groups excluding carboxylic acids is 2. The maximum Gasteiger partial charge on any atom is 0.338 e. The van der Waals surface area contributed by atoms with Crippen LogP contribution in [0.1, 0.15) is 54.4 Å². The van der Waals surface area contributed by atoms with Crippen molar-refractivity contribution in [1.82, 2.24) is 0 Å². The molecule has 7 heteroatoms. The van der Waals surface area contributed by atoms with Gasteiger partial charge in [0.05, 0.1) is 19.8 Å². The van der Waals surface area contributed by atoms with Crippen molar-refractivity contribution in [2.75, 3.05) is 20.8 Å². The maximum atomic E-state index is 13.0. The lowest BCUT2D eigenvalue weighted by atomic mass is 9.69. The number of cyclic esters (lactones) is 1. The van der Waals surface area contributed by atoms with E-state index in [1.165, 1.54) is 0 Å². The molecule has 0 saturated heterocycles. The highest BCUT2D eigenvalue weighted by atomic mass is 16.6. The van der Waals surface area contributed by atoms with Crippen LogP contribution < -0.4 is 14.2 Å². The molecule has 0 radical (unpaired) electrons. The maximum absolute atomic E-state index is 13.0. The van der Waals surface area contributed by atoms with Crippen molar-refractivity contribution in [3.63, 3.8) is 0 Å². The largest absolute Gasteiger partial charge is 0.493 e. The Balaban J connectivity index is 1.46. The van der Waals surface area contributed by atoms with Gasteiger partial charge in [0.2, 0.25) is 5.75 Å². The van der Waals surface area contributed by atoms with Crippen molar-refractivity contribution in [3.05, 3.63) is 41.5 Å². The highest BCUT2D eigenvalue weighted by molar-refractivity contribution is 5.94. The van der Waals surface area contributed by atoms with E-state index in [1.807, 2.05) is 24.3 Å². The number of hydrogen-bond donors (Lipinski definition) is 0. The minimum atomic E-state index is -0.626. The third kappa shape index (κ3) is 3.79. The van der Waals surface area contributed by atoms with Crippen LogP contribution >= 0.6 is 0 Å². The number of rotatable bonds is 8. The van der Waals surface area contributed by atoms with E-state index < -0.39 is 5.41 Å². The molecule has 0 N–H and O–H groups in total. The van der Waals surface area contributed by atoms with Crippen LogP contribution in [0.4, 0.5) is 0 Å². The van der Waals surface area contributed by atoms with Crippen LogP contribution in [-0.4, -0.2) is 38.9 Å². The average molecular weight is 453 g/mol. The van der Waals surface area contributed by atoms with E-state index in [2.05, 4.69) is 0 Å². The van der Waals surface area contributed by atoms with E-state index in [9.17, 15) is 9.59 Å². The first-order chi connectivity index (χ1) is 16.0.